The van der Waals surface area contributed by atoms with E-state index in [4.69, 9.17) is 0 Å². The SMILES string of the molecule is O=S1(=O)c2ccc(F)cc2NCC12CCC2. The highest BCUT2D eigenvalue weighted by molar-refractivity contribution is 7.93. The van der Waals surface area contributed by atoms with Gasteiger partial charge in [0.2, 0.25) is 0 Å². The minimum absolute atomic E-state index is 0.250. The Morgan fingerprint density at radius 3 is 2.69 bits per heavy atom. The van der Waals surface area contributed by atoms with E-state index in [1.807, 2.05) is 0 Å². The van der Waals surface area contributed by atoms with Crippen molar-refractivity contribution in [2.75, 3.05) is 11.9 Å². The zero-order valence-corrected chi connectivity index (χ0v) is 9.48. The summed E-state index contributed by atoms with van der Waals surface area (Å²) in [6, 6.07) is 3.82. The van der Waals surface area contributed by atoms with Crippen LogP contribution in [0.3, 0.4) is 0 Å². The van der Waals surface area contributed by atoms with E-state index >= 15 is 0 Å². The van der Waals surface area contributed by atoms with Gasteiger partial charge in [0.15, 0.2) is 9.84 Å². The van der Waals surface area contributed by atoms with Crippen molar-refractivity contribution in [3.05, 3.63) is 24.0 Å². The van der Waals surface area contributed by atoms with E-state index in [1.165, 1.54) is 18.2 Å². The topological polar surface area (TPSA) is 46.2 Å². The third kappa shape index (κ3) is 1.09. The van der Waals surface area contributed by atoms with Gasteiger partial charge in [-0.2, -0.15) is 0 Å². The fraction of sp³-hybridized carbons (Fsp3) is 0.455. The average molecular weight is 241 g/mol. The van der Waals surface area contributed by atoms with Crippen molar-refractivity contribution in [1.29, 1.82) is 0 Å². The Kier molecular flexibility index (Phi) is 1.87. The van der Waals surface area contributed by atoms with Gasteiger partial charge in [0, 0.05) is 6.54 Å². The summed E-state index contributed by atoms with van der Waals surface area (Å²) in [7, 11) is -3.29. The summed E-state index contributed by atoms with van der Waals surface area (Å²) in [6.07, 6.45) is 2.37. The van der Waals surface area contributed by atoms with Crippen molar-refractivity contribution < 1.29 is 12.8 Å². The van der Waals surface area contributed by atoms with Crippen molar-refractivity contribution >= 4 is 15.5 Å². The number of halogens is 1. The van der Waals surface area contributed by atoms with E-state index in [-0.39, 0.29) is 4.90 Å². The van der Waals surface area contributed by atoms with Gasteiger partial charge in [-0.25, -0.2) is 12.8 Å². The number of benzene rings is 1. The molecule has 3 rings (SSSR count). The van der Waals surface area contributed by atoms with Crippen LogP contribution < -0.4 is 5.32 Å². The fourth-order valence-electron chi connectivity index (χ4n) is 2.48. The van der Waals surface area contributed by atoms with Gasteiger partial charge in [-0.1, -0.05) is 6.42 Å². The van der Waals surface area contributed by atoms with E-state index in [1.54, 1.807) is 0 Å². The Morgan fingerprint density at radius 2 is 2.06 bits per heavy atom. The van der Waals surface area contributed by atoms with Gasteiger partial charge < -0.3 is 5.32 Å². The van der Waals surface area contributed by atoms with Gasteiger partial charge in [-0.05, 0) is 31.0 Å². The van der Waals surface area contributed by atoms with E-state index in [0.717, 1.165) is 6.42 Å². The summed E-state index contributed by atoms with van der Waals surface area (Å²) in [4.78, 5) is 0.250. The Bertz CT molecular complexity index is 549. The Hall–Kier alpha value is -1.10. The molecule has 16 heavy (non-hydrogen) atoms. The lowest BCUT2D eigenvalue weighted by atomic mass is 9.84. The molecule has 0 amide bonds. The van der Waals surface area contributed by atoms with Crippen LogP contribution in [0.2, 0.25) is 0 Å². The predicted molar refractivity (Wildman–Crippen MR) is 58.7 cm³/mol. The molecule has 5 heteroatoms. The highest BCUT2D eigenvalue weighted by Crippen LogP contribution is 2.47. The first kappa shape index (κ1) is 10.1. The van der Waals surface area contributed by atoms with Crippen molar-refractivity contribution in [3.63, 3.8) is 0 Å². The maximum Gasteiger partial charge on any atom is 0.187 e. The molecule has 3 nitrogen and oxygen atoms in total. The van der Waals surface area contributed by atoms with Crippen LogP contribution in [0, 0.1) is 5.82 Å². The predicted octanol–water partition coefficient (Wildman–Crippen LogP) is 1.95. The Labute approximate surface area is 93.6 Å². The lowest BCUT2D eigenvalue weighted by Gasteiger charge is -2.44. The number of nitrogens with one attached hydrogen (secondary N) is 1. The molecule has 1 aromatic carbocycles. The van der Waals surface area contributed by atoms with E-state index in [2.05, 4.69) is 5.32 Å². The van der Waals surface area contributed by atoms with Gasteiger partial charge in [-0.15, -0.1) is 0 Å². The van der Waals surface area contributed by atoms with Gasteiger partial charge in [0.1, 0.15) is 5.82 Å². The summed E-state index contributed by atoms with van der Waals surface area (Å²) in [5, 5.41) is 3.03. The normalized spacial score (nSPS) is 24.3. The zero-order valence-electron chi connectivity index (χ0n) is 8.66. The molecular weight excluding hydrogens is 229 g/mol. The highest BCUT2D eigenvalue weighted by Gasteiger charge is 2.52. The molecule has 0 radical (unpaired) electrons. The Morgan fingerprint density at radius 1 is 1.31 bits per heavy atom. The number of fused-ring (bicyclic) bond motifs is 1. The first-order chi connectivity index (χ1) is 7.55. The molecule has 86 valence electrons. The molecule has 0 aromatic heterocycles. The monoisotopic (exact) mass is 241 g/mol. The number of hydrogen-bond acceptors (Lipinski definition) is 3. The van der Waals surface area contributed by atoms with Crippen LogP contribution in [0.15, 0.2) is 23.1 Å². The second kappa shape index (κ2) is 2.97. The number of anilines is 1. The van der Waals surface area contributed by atoms with Crippen LogP contribution in [0.5, 0.6) is 0 Å². The number of rotatable bonds is 0. The van der Waals surface area contributed by atoms with Crippen LogP contribution in [0.25, 0.3) is 0 Å². The third-order valence-electron chi connectivity index (χ3n) is 3.67. The molecule has 0 bridgehead atoms. The standard InChI is InChI=1S/C11H12FNO2S/c12-8-2-3-10-9(6-8)13-7-11(4-1-5-11)16(10,14)15/h2-3,6,13H,1,4-5,7H2. The molecule has 1 aromatic rings. The molecule has 0 saturated heterocycles. The van der Waals surface area contributed by atoms with E-state index in [0.29, 0.717) is 25.1 Å². The molecule has 2 aliphatic rings. The average Bonchev–Trinajstić information content (AvgIpc) is 2.14. The van der Waals surface area contributed by atoms with Crippen molar-refractivity contribution in [3.8, 4) is 0 Å². The van der Waals surface area contributed by atoms with Crippen molar-refractivity contribution in [2.24, 2.45) is 0 Å². The van der Waals surface area contributed by atoms with Crippen LogP contribution in [-0.2, 0) is 9.84 Å². The van der Waals surface area contributed by atoms with Crippen LogP contribution >= 0.6 is 0 Å². The van der Waals surface area contributed by atoms with Crippen LogP contribution in [0.1, 0.15) is 19.3 Å². The first-order valence-corrected chi connectivity index (χ1v) is 6.82. The van der Waals surface area contributed by atoms with Gasteiger partial charge in [0.05, 0.1) is 15.3 Å². The maximum atomic E-state index is 13.0. The Balaban J connectivity index is 2.19. The summed E-state index contributed by atoms with van der Waals surface area (Å²) in [5.74, 6) is -0.411. The quantitative estimate of drug-likeness (QED) is 0.706. The smallest absolute Gasteiger partial charge is 0.187 e. The molecule has 1 heterocycles. The van der Waals surface area contributed by atoms with Crippen LogP contribution in [0.4, 0.5) is 10.1 Å². The second-order valence-electron chi connectivity index (χ2n) is 4.53. The zero-order chi connectivity index (χ0) is 11.4. The molecule has 1 saturated carbocycles. The van der Waals surface area contributed by atoms with E-state index < -0.39 is 20.4 Å². The van der Waals surface area contributed by atoms with Crippen LogP contribution in [-0.4, -0.2) is 19.7 Å². The molecule has 0 atom stereocenters. The molecule has 1 spiro atoms. The fourth-order valence-corrected chi connectivity index (χ4v) is 4.70. The van der Waals surface area contributed by atoms with Gasteiger partial charge in [0.25, 0.3) is 0 Å². The van der Waals surface area contributed by atoms with E-state index in [9.17, 15) is 12.8 Å². The molecular formula is C11H12FNO2S. The number of sulfone groups is 1. The second-order valence-corrected chi connectivity index (χ2v) is 6.85. The number of hydrogen-bond donors (Lipinski definition) is 1. The van der Waals surface area contributed by atoms with Crippen molar-refractivity contribution in [1.82, 2.24) is 0 Å². The molecule has 1 fully saturated rings. The minimum Gasteiger partial charge on any atom is -0.382 e. The summed E-state index contributed by atoms with van der Waals surface area (Å²) < 4.78 is 37.1. The molecule has 0 unspecified atom stereocenters. The van der Waals surface area contributed by atoms with Gasteiger partial charge >= 0.3 is 0 Å². The first-order valence-electron chi connectivity index (χ1n) is 5.33. The summed E-state index contributed by atoms with van der Waals surface area (Å²) in [5.41, 5.74) is 0.400. The largest absolute Gasteiger partial charge is 0.382 e. The maximum absolute atomic E-state index is 13.0. The third-order valence-corrected chi connectivity index (χ3v) is 6.29. The lowest BCUT2D eigenvalue weighted by Crippen LogP contribution is -2.53. The minimum atomic E-state index is -3.29. The van der Waals surface area contributed by atoms with Gasteiger partial charge in [-0.3, -0.25) is 0 Å². The summed E-state index contributed by atoms with van der Waals surface area (Å²) in [6.45, 7) is 0.409. The summed E-state index contributed by atoms with van der Waals surface area (Å²) >= 11 is 0. The lowest BCUT2D eigenvalue weighted by molar-refractivity contribution is 0.347. The molecule has 1 aliphatic carbocycles. The van der Waals surface area contributed by atoms with Crippen molar-refractivity contribution in [2.45, 2.75) is 28.9 Å². The molecule has 1 N–H and O–H groups in total. The molecule has 1 aliphatic heterocycles. The highest BCUT2D eigenvalue weighted by atomic mass is 32.2.